The minimum atomic E-state index is -0.366. The van der Waals surface area contributed by atoms with E-state index < -0.39 is 0 Å². The van der Waals surface area contributed by atoms with Gasteiger partial charge in [0, 0.05) is 0 Å². The van der Waals surface area contributed by atoms with Crippen LogP contribution in [0.3, 0.4) is 0 Å². The quantitative estimate of drug-likeness (QED) is 0.465. The molecule has 0 aromatic heterocycles. The SMILES string of the molecule is CCC([NH])N. The van der Waals surface area contributed by atoms with Crippen molar-refractivity contribution in [1.29, 1.82) is 0 Å². The Labute approximate surface area is 32.1 Å². The van der Waals surface area contributed by atoms with Gasteiger partial charge in [0.15, 0.2) is 0 Å². The summed E-state index contributed by atoms with van der Waals surface area (Å²) in [5, 5.41) is 0. The molecule has 0 amide bonds. The van der Waals surface area contributed by atoms with Crippen LogP contribution in [0.25, 0.3) is 0 Å². The highest BCUT2D eigenvalue weighted by atomic mass is 14.8. The minimum absolute atomic E-state index is 0.366. The predicted molar refractivity (Wildman–Crippen MR) is 21.4 cm³/mol. The summed E-state index contributed by atoms with van der Waals surface area (Å²) >= 11 is 0. The topological polar surface area (TPSA) is 49.8 Å². The number of hydrogen-bond acceptors (Lipinski definition) is 1. The zero-order chi connectivity index (χ0) is 4.28. The second-order valence-corrected chi connectivity index (χ2v) is 1.01. The summed E-state index contributed by atoms with van der Waals surface area (Å²) < 4.78 is 0. The van der Waals surface area contributed by atoms with Crippen molar-refractivity contribution in [3.8, 4) is 0 Å². The van der Waals surface area contributed by atoms with Crippen LogP contribution in [0.4, 0.5) is 0 Å². The summed E-state index contributed by atoms with van der Waals surface area (Å²) in [5.41, 5.74) is 11.6. The lowest BCUT2D eigenvalue weighted by molar-refractivity contribution is 0.661. The maximum atomic E-state index is 6.60. The molecule has 1 atom stereocenters. The number of nitrogens with one attached hydrogen (secondary N) is 1. The minimum Gasteiger partial charge on any atom is -0.315 e. The fraction of sp³-hybridized carbons (Fsp3) is 1.00. The van der Waals surface area contributed by atoms with Gasteiger partial charge in [0.2, 0.25) is 0 Å². The Morgan fingerprint density at radius 3 is 2.20 bits per heavy atom. The van der Waals surface area contributed by atoms with Crippen molar-refractivity contribution >= 4 is 0 Å². The number of rotatable bonds is 1. The number of hydrogen-bond donors (Lipinski definition) is 1. The monoisotopic (exact) mass is 73.1 g/mol. The molecule has 0 heterocycles. The first-order valence-electron chi connectivity index (χ1n) is 1.74. The molecule has 2 nitrogen and oxygen atoms in total. The zero-order valence-electron chi connectivity index (χ0n) is 3.36. The fourth-order valence-electron chi connectivity index (χ4n) is 0. The van der Waals surface area contributed by atoms with Crippen LogP contribution in [0.1, 0.15) is 13.3 Å². The fourth-order valence-corrected chi connectivity index (χ4v) is 0. The van der Waals surface area contributed by atoms with E-state index in [1.807, 2.05) is 6.92 Å². The van der Waals surface area contributed by atoms with Crippen LogP contribution in [-0.2, 0) is 0 Å². The molecule has 5 heavy (non-hydrogen) atoms. The summed E-state index contributed by atoms with van der Waals surface area (Å²) in [5.74, 6) is 0. The van der Waals surface area contributed by atoms with Gasteiger partial charge in [-0.1, -0.05) is 6.92 Å². The zero-order valence-corrected chi connectivity index (χ0v) is 3.36. The van der Waals surface area contributed by atoms with E-state index >= 15 is 0 Å². The summed E-state index contributed by atoms with van der Waals surface area (Å²) in [7, 11) is 0. The molecule has 0 aliphatic rings. The van der Waals surface area contributed by atoms with Gasteiger partial charge in [-0.2, -0.15) is 0 Å². The predicted octanol–water partition coefficient (Wildman–Crippen LogP) is -0.0359. The smallest absolute Gasteiger partial charge is 0.0677 e. The Hall–Kier alpha value is -0.0800. The van der Waals surface area contributed by atoms with Crippen LogP contribution < -0.4 is 11.5 Å². The molecule has 0 aliphatic carbocycles. The Morgan fingerprint density at radius 1 is 2.00 bits per heavy atom. The first-order valence-corrected chi connectivity index (χ1v) is 1.74. The van der Waals surface area contributed by atoms with Crippen LogP contribution in [-0.4, -0.2) is 6.17 Å². The highest BCUT2D eigenvalue weighted by Gasteiger charge is 1.80. The second kappa shape index (κ2) is 2.18. The third kappa shape index (κ3) is 3.92. The average Bonchev–Trinajstić information content (AvgIpc) is 1.38. The standard InChI is InChI=1S/C3H9N2/c1-2-3(4)5/h3-4H,2,5H2,1H3. The van der Waals surface area contributed by atoms with E-state index in [1.54, 1.807) is 0 Å². The molecule has 0 rings (SSSR count). The first-order chi connectivity index (χ1) is 2.27. The molecule has 0 saturated carbocycles. The van der Waals surface area contributed by atoms with Gasteiger partial charge in [0.1, 0.15) is 0 Å². The third-order valence-corrected chi connectivity index (χ3v) is 0.440. The van der Waals surface area contributed by atoms with Crippen LogP contribution in [0.5, 0.6) is 0 Å². The molecule has 0 saturated heterocycles. The molecule has 0 aromatic carbocycles. The van der Waals surface area contributed by atoms with Crippen molar-refractivity contribution in [3.05, 3.63) is 0 Å². The molecule has 2 heteroatoms. The molecule has 1 radical (unpaired) electrons. The molecular formula is C3H9N2. The van der Waals surface area contributed by atoms with Crippen molar-refractivity contribution in [2.45, 2.75) is 19.5 Å². The molecule has 0 bridgehead atoms. The van der Waals surface area contributed by atoms with E-state index in [-0.39, 0.29) is 6.17 Å². The van der Waals surface area contributed by atoms with E-state index in [0.29, 0.717) is 0 Å². The van der Waals surface area contributed by atoms with Gasteiger partial charge >= 0.3 is 0 Å². The van der Waals surface area contributed by atoms with E-state index in [1.165, 1.54) is 0 Å². The summed E-state index contributed by atoms with van der Waals surface area (Å²) in [4.78, 5) is 0. The van der Waals surface area contributed by atoms with Gasteiger partial charge in [0.25, 0.3) is 0 Å². The Morgan fingerprint density at radius 2 is 2.20 bits per heavy atom. The van der Waals surface area contributed by atoms with E-state index in [0.717, 1.165) is 6.42 Å². The lowest BCUT2D eigenvalue weighted by atomic mass is 10.4. The van der Waals surface area contributed by atoms with Gasteiger partial charge in [-0.25, -0.2) is 5.73 Å². The Kier molecular flexibility index (Phi) is 2.14. The lowest BCUT2D eigenvalue weighted by Gasteiger charge is -1.91. The van der Waals surface area contributed by atoms with E-state index in [2.05, 4.69) is 0 Å². The highest BCUT2D eigenvalue weighted by Crippen LogP contribution is 1.71. The van der Waals surface area contributed by atoms with Gasteiger partial charge < -0.3 is 5.73 Å². The maximum absolute atomic E-state index is 6.60. The molecule has 0 fully saturated rings. The number of nitrogens with two attached hydrogens (primary N) is 1. The third-order valence-electron chi connectivity index (χ3n) is 0.440. The molecular weight excluding hydrogens is 64.0 g/mol. The van der Waals surface area contributed by atoms with E-state index in [4.69, 9.17) is 11.5 Å². The van der Waals surface area contributed by atoms with Gasteiger partial charge in [-0.15, -0.1) is 0 Å². The van der Waals surface area contributed by atoms with Crippen molar-refractivity contribution in [2.24, 2.45) is 5.73 Å². The Balaban J connectivity index is 2.54. The average molecular weight is 73.1 g/mol. The van der Waals surface area contributed by atoms with Crippen LogP contribution in [0, 0.1) is 0 Å². The summed E-state index contributed by atoms with van der Waals surface area (Å²) in [6.07, 6.45) is 0.384. The van der Waals surface area contributed by atoms with Gasteiger partial charge in [-0.3, -0.25) is 0 Å². The van der Waals surface area contributed by atoms with Crippen LogP contribution in [0.15, 0.2) is 0 Å². The van der Waals surface area contributed by atoms with Crippen molar-refractivity contribution in [2.75, 3.05) is 0 Å². The largest absolute Gasteiger partial charge is 0.315 e. The van der Waals surface area contributed by atoms with E-state index in [9.17, 15) is 0 Å². The molecule has 0 aliphatic heterocycles. The molecule has 0 aromatic rings. The normalized spacial score (nSPS) is 9.60. The Bertz CT molecular complexity index is 18.9. The highest BCUT2D eigenvalue weighted by molar-refractivity contribution is 4.39. The molecule has 0 spiro atoms. The van der Waals surface area contributed by atoms with Crippen LogP contribution >= 0.6 is 0 Å². The van der Waals surface area contributed by atoms with Gasteiger partial charge in [0.05, 0.1) is 6.17 Å². The molecule has 1 unspecified atom stereocenters. The first kappa shape index (κ1) is 4.92. The van der Waals surface area contributed by atoms with Crippen molar-refractivity contribution in [3.63, 3.8) is 0 Å². The maximum Gasteiger partial charge on any atom is 0.0677 e. The summed E-state index contributed by atoms with van der Waals surface area (Å²) in [6.45, 7) is 1.89. The van der Waals surface area contributed by atoms with Gasteiger partial charge in [-0.05, 0) is 6.42 Å². The second-order valence-electron chi connectivity index (χ2n) is 1.01. The summed E-state index contributed by atoms with van der Waals surface area (Å²) in [6, 6.07) is 0. The lowest BCUT2D eigenvalue weighted by Crippen LogP contribution is -2.18. The van der Waals surface area contributed by atoms with Crippen molar-refractivity contribution in [1.82, 2.24) is 5.73 Å². The van der Waals surface area contributed by atoms with Crippen molar-refractivity contribution < 1.29 is 0 Å². The van der Waals surface area contributed by atoms with Crippen LogP contribution in [0.2, 0.25) is 0 Å². The molecule has 3 N–H and O–H groups in total. The molecule has 31 valence electrons.